The van der Waals surface area contributed by atoms with E-state index in [9.17, 15) is 19.8 Å². The molecule has 2 unspecified atom stereocenters. The van der Waals surface area contributed by atoms with E-state index in [1.807, 2.05) is 13.8 Å². The standard InChI is InChI=1S/C20H25N3O6/c1-10-11(2)17-13(12(3)16(10)25)5-7-20(4,29-17)19(27)21-14(9-24)18(26)22-15-6-8-28-23-15/h6,8,14,24-25H,5,7,9H2,1-4H3,(H,21,27)(H,22,23,26). The van der Waals surface area contributed by atoms with Gasteiger partial charge in [0.1, 0.15) is 23.8 Å². The Morgan fingerprint density at radius 2 is 2.00 bits per heavy atom. The molecular weight excluding hydrogens is 378 g/mol. The molecule has 2 aromatic rings. The van der Waals surface area contributed by atoms with Crippen LogP contribution in [-0.4, -0.2) is 45.4 Å². The summed E-state index contributed by atoms with van der Waals surface area (Å²) < 4.78 is 10.7. The second-order valence-electron chi connectivity index (χ2n) is 7.45. The van der Waals surface area contributed by atoms with Gasteiger partial charge < -0.3 is 30.1 Å². The highest BCUT2D eigenvalue weighted by Crippen LogP contribution is 2.43. The highest BCUT2D eigenvalue weighted by atomic mass is 16.5. The van der Waals surface area contributed by atoms with Crippen LogP contribution in [0.2, 0.25) is 0 Å². The topological polar surface area (TPSA) is 134 Å². The van der Waals surface area contributed by atoms with Crippen LogP contribution in [0.25, 0.3) is 0 Å². The minimum absolute atomic E-state index is 0.179. The summed E-state index contributed by atoms with van der Waals surface area (Å²) in [5.41, 5.74) is 1.86. The fraction of sp³-hybridized carbons (Fsp3) is 0.450. The van der Waals surface area contributed by atoms with Crippen molar-refractivity contribution in [1.29, 1.82) is 0 Å². The second-order valence-corrected chi connectivity index (χ2v) is 7.45. The van der Waals surface area contributed by atoms with Crippen molar-refractivity contribution in [2.45, 2.75) is 52.2 Å². The third-order valence-corrected chi connectivity index (χ3v) is 5.49. The van der Waals surface area contributed by atoms with Crippen molar-refractivity contribution >= 4 is 17.6 Å². The Bertz CT molecular complexity index is 940. The molecule has 1 aromatic heterocycles. The van der Waals surface area contributed by atoms with Gasteiger partial charge in [-0.25, -0.2) is 0 Å². The summed E-state index contributed by atoms with van der Waals surface area (Å²) in [5.74, 6) is -0.141. The second kappa shape index (κ2) is 7.75. The molecule has 29 heavy (non-hydrogen) atoms. The lowest BCUT2D eigenvalue weighted by Gasteiger charge is -2.37. The van der Waals surface area contributed by atoms with E-state index in [0.29, 0.717) is 24.2 Å². The molecule has 1 aromatic carbocycles. The number of ether oxygens (including phenoxy) is 1. The molecule has 156 valence electrons. The number of anilines is 1. The zero-order valence-corrected chi connectivity index (χ0v) is 16.8. The number of nitrogens with zero attached hydrogens (tertiary/aromatic N) is 1. The summed E-state index contributed by atoms with van der Waals surface area (Å²) in [6, 6.07) is 0.268. The molecule has 2 atom stereocenters. The lowest BCUT2D eigenvalue weighted by Crippen LogP contribution is -2.57. The first-order chi connectivity index (χ1) is 13.7. The van der Waals surface area contributed by atoms with E-state index in [1.165, 1.54) is 12.3 Å². The molecule has 4 N–H and O–H groups in total. The predicted octanol–water partition coefficient (Wildman–Crippen LogP) is 1.50. The molecule has 0 spiro atoms. The maximum atomic E-state index is 12.9. The van der Waals surface area contributed by atoms with Crippen LogP contribution in [0.3, 0.4) is 0 Å². The number of nitrogens with one attached hydrogen (secondary N) is 2. The Morgan fingerprint density at radius 1 is 1.28 bits per heavy atom. The lowest BCUT2D eigenvalue weighted by atomic mass is 9.86. The van der Waals surface area contributed by atoms with Gasteiger partial charge in [-0.2, -0.15) is 0 Å². The highest BCUT2D eigenvalue weighted by Gasteiger charge is 2.42. The van der Waals surface area contributed by atoms with Crippen LogP contribution in [0.1, 0.15) is 35.6 Å². The number of carbonyl (C=O) groups excluding carboxylic acids is 2. The first-order valence-electron chi connectivity index (χ1n) is 9.31. The van der Waals surface area contributed by atoms with Crippen molar-refractivity contribution in [1.82, 2.24) is 10.5 Å². The number of aliphatic hydroxyl groups is 1. The third kappa shape index (κ3) is 3.77. The van der Waals surface area contributed by atoms with E-state index in [2.05, 4.69) is 20.3 Å². The molecule has 9 nitrogen and oxygen atoms in total. The zero-order chi connectivity index (χ0) is 21.3. The number of phenols is 1. The van der Waals surface area contributed by atoms with Crippen LogP contribution in [0.15, 0.2) is 16.9 Å². The van der Waals surface area contributed by atoms with Gasteiger partial charge in [0.05, 0.1) is 6.61 Å². The summed E-state index contributed by atoms with van der Waals surface area (Å²) in [6.07, 6.45) is 2.19. The van der Waals surface area contributed by atoms with Gasteiger partial charge in [0.2, 0.25) is 0 Å². The van der Waals surface area contributed by atoms with Crippen molar-refractivity contribution in [2.75, 3.05) is 11.9 Å². The number of aliphatic hydroxyl groups excluding tert-OH is 1. The van der Waals surface area contributed by atoms with E-state index in [0.717, 1.165) is 16.7 Å². The summed E-state index contributed by atoms with van der Waals surface area (Å²) in [7, 11) is 0. The number of hydrogen-bond acceptors (Lipinski definition) is 7. The van der Waals surface area contributed by atoms with Gasteiger partial charge in [-0.1, -0.05) is 5.16 Å². The molecule has 2 heterocycles. The van der Waals surface area contributed by atoms with Crippen molar-refractivity contribution in [2.24, 2.45) is 0 Å². The van der Waals surface area contributed by atoms with Gasteiger partial charge in [0.25, 0.3) is 11.8 Å². The zero-order valence-electron chi connectivity index (χ0n) is 16.8. The molecule has 0 saturated carbocycles. The monoisotopic (exact) mass is 403 g/mol. The number of aromatic hydroxyl groups is 1. The lowest BCUT2D eigenvalue weighted by molar-refractivity contribution is -0.140. The van der Waals surface area contributed by atoms with Gasteiger partial charge in [-0.3, -0.25) is 9.59 Å². The number of benzene rings is 1. The van der Waals surface area contributed by atoms with Gasteiger partial charge >= 0.3 is 0 Å². The molecule has 0 saturated heterocycles. The molecule has 9 heteroatoms. The minimum Gasteiger partial charge on any atom is -0.507 e. The minimum atomic E-state index is -1.23. The van der Waals surface area contributed by atoms with Crippen molar-refractivity contribution < 1.29 is 29.1 Å². The average Bonchev–Trinajstić information content (AvgIpc) is 3.21. The molecule has 0 radical (unpaired) electrons. The van der Waals surface area contributed by atoms with E-state index >= 15 is 0 Å². The molecule has 0 aliphatic carbocycles. The highest BCUT2D eigenvalue weighted by molar-refractivity contribution is 5.98. The fourth-order valence-electron chi connectivity index (χ4n) is 3.40. The van der Waals surface area contributed by atoms with Crippen LogP contribution in [0.4, 0.5) is 5.82 Å². The number of rotatable bonds is 5. The summed E-state index contributed by atoms with van der Waals surface area (Å²) in [6.45, 7) is 6.50. The third-order valence-electron chi connectivity index (χ3n) is 5.49. The maximum Gasteiger partial charge on any atom is 0.264 e. The Morgan fingerprint density at radius 3 is 2.62 bits per heavy atom. The molecule has 1 aliphatic rings. The van der Waals surface area contributed by atoms with Crippen LogP contribution in [0.5, 0.6) is 11.5 Å². The number of fused-ring (bicyclic) bond motifs is 1. The van der Waals surface area contributed by atoms with Gasteiger partial charge in [-0.15, -0.1) is 0 Å². The Kier molecular flexibility index (Phi) is 5.52. The number of phenolic OH excluding ortho intramolecular Hbond substituents is 1. The molecule has 0 fully saturated rings. The number of aromatic nitrogens is 1. The number of hydrogen-bond donors (Lipinski definition) is 4. The van der Waals surface area contributed by atoms with E-state index in [4.69, 9.17) is 4.74 Å². The molecule has 1 aliphatic heterocycles. The van der Waals surface area contributed by atoms with Crippen LogP contribution < -0.4 is 15.4 Å². The van der Waals surface area contributed by atoms with Crippen LogP contribution in [-0.2, 0) is 16.0 Å². The van der Waals surface area contributed by atoms with Gasteiger partial charge in [0.15, 0.2) is 11.4 Å². The largest absolute Gasteiger partial charge is 0.507 e. The smallest absolute Gasteiger partial charge is 0.264 e. The van der Waals surface area contributed by atoms with E-state index in [-0.39, 0.29) is 11.6 Å². The van der Waals surface area contributed by atoms with Crippen molar-refractivity contribution in [3.8, 4) is 11.5 Å². The van der Waals surface area contributed by atoms with E-state index in [1.54, 1.807) is 13.8 Å². The van der Waals surface area contributed by atoms with Crippen LogP contribution in [0, 0.1) is 20.8 Å². The SMILES string of the molecule is Cc1c(C)c2c(c(C)c1O)CCC(C)(C(=O)NC(CO)C(=O)Nc1ccon1)O2. The Balaban J connectivity index is 1.78. The van der Waals surface area contributed by atoms with Gasteiger partial charge in [-0.05, 0) is 50.8 Å². The van der Waals surface area contributed by atoms with E-state index < -0.39 is 30.1 Å². The fourth-order valence-corrected chi connectivity index (χ4v) is 3.40. The first-order valence-corrected chi connectivity index (χ1v) is 9.31. The maximum absolute atomic E-state index is 12.9. The summed E-state index contributed by atoms with van der Waals surface area (Å²) >= 11 is 0. The normalized spacial score (nSPS) is 19.1. The Labute approximate surface area is 168 Å². The van der Waals surface area contributed by atoms with Crippen molar-refractivity contribution in [3.63, 3.8) is 0 Å². The predicted molar refractivity (Wildman–Crippen MR) is 104 cm³/mol. The number of carbonyl (C=O) groups is 2. The molecule has 2 amide bonds. The summed E-state index contributed by atoms with van der Waals surface area (Å²) in [4.78, 5) is 25.3. The average molecular weight is 403 g/mol. The quantitative estimate of drug-likeness (QED) is 0.594. The van der Waals surface area contributed by atoms with Gasteiger partial charge in [0, 0.05) is 18.1 Å². The van der Waals surface area contributed by atoms with Crippen LogP contribution >= 0.6 is 0 Å². The molecule has 0 bridgehead atoms. The number of amides is 2. The molecule has 3 rings (SSSR count). The first kappa shape index (κ1) is 20.7. The van der Waals surface area contributed by atoms with Crippen molar-refractivity contribution in [3.05, 3.63) is 34.6 Å². The Hall–Kier alpha value is -3.07. The summed E-state index contributed by atoms with van der Waals surface area (Å²) in [5, 5.41) is 28.4. The molecular formula is C20H25N3O6.